The van der Waals surface area contributed by atoms with Gasteiger partial charge in [0.15, 0.2) is 0 Å². The molecular formula is C12H8N2. The van der Waals surface area contributed by atoms with Gasteiger partial charge in [0, 0.05) is 0 Å². The molecule has 0 atom stereocenters. The molecule has 14 heavy (non-hydrogen) atoms. The van der Waals surface area contributed by atoms with Crippen LogP contribution in [0.4, 0.5) is 0 Å². The van der Waals surface area contributed by atoms with Crippen LogP contribution in [-0.2, 0) is 0 Å². The molecule has 0 spiro atoms. The van der Waals surface area contributed by atoms with Crippen LogP contribution < -0.4 is 0 Å². The molecule has 0 amide bonds. The highest BCUT2D eigenvalue weighted by molar-refractivity contribution is 5.68. The van der Waals surface area contributed by atoms with E-state index in [-0.39, 0.29) is 0 Å². The van der Waals surface area contributed by atoms with Crippen LogP contribution in [0.25, 0.3) is 22.5 Å². The maximum absolute atomic E-state index is 4.17. The van der Waals surface area contributed by atoms with Crippen LogP contribution in [0.2, 0.25) is 0 Å². The van der Waals surface area contributed by atoms with Crippen molar-refractivity contribution in [3.8, 4) is 22.5 Å². The largest absolute Gasteiger partial charge is 0.235 e. The molecule has 1 heterocycles. The fourth-order valence-corrected chi connectivity index (χ4v) is 1.63. The SMILES string of the molecule is c1cc2ccc3ncnc-3ccc-2c1. The molecule has 0 radical (unpaired) electrons. The van der Waals surface area contributed by atoms with E-state index in [0.717, 1.165) is 11.4 Å². The minimum atomic E-state index is 0.938. The highest BCUT2D eigenvalue weighted by atomic mass is 14.9. The van der Waals surface area contributed by atoms with Crippen molar-refractivity contribution in [3.63, 3.8) is 0 Å². The van der Waals surface area contributed by atoms with Gasteiger partial charge >= 0.3 is 0 Å². The lowest BCUT2D eigenvalue weighted by atomic mass is 10.1. The van der Waals surface area contributed by atoms with Crippen LogP contribution in [0.15, 0.2) is 48.8 Å². The summed E-state index contributed by atoms with van der Waals surface area (Å²) >= 11 is 0. The van der Waals surface area contributed by atoms with Crippen LogP contribution >= 0.6 is 0 Å². The van der Waals surface area contributed by atoms with Crippen LogP contribution in [0.3, 0.4) is 0 Å². The van der Waals surface area contributed by atoms with Crippen LogP contribution in [0.5, 0.6) is 0 Å². The molecule has 0 N–H and O–H groups in total. The Bertz CT molecular complexity index is 426. The van der Waals surface area contributed by atoms with Crippen LogP contribution in [0.1, 0.15) is 0 Å². The highest BCUT2D eigenvalue weighted by Gasteiger charge is 2.03. The number of nitrogens with zero attached hydrogens (tertiary/aromatic N) is 2. The van der Waals surface area contributed by atoms with Gasteiger partial charge in [0.05, 0.1) is 11.4 Å². The summed E-state index contributed by atoms with van der Waals surface area (Å²) in [7, 11) is 0. The molecular weight excluding hydrogens is 172 g/mol. The summed E-state index contributed by atoms with van der Waals surface area (Å²) in [6.45, 7) is 0. The Hall–Kier alpha value is -1.96. The van der Waals surface area contributed by atoms with E-state index >= 15 is 0 Å². The van der Waals surface area contributed by atoms with Gasteiger partial charge in [0.1, 0.15) is 6.33 Å². The van der Waals surface area contributed by atoms with Gasteiger partial charge in [-0.3, -0.25) is 0 Å². The van der Waals surface area contributed by atoms with Gasteiger partial charge in [-0.15, -0.1) is 0 Å². The Kier molecular flexibility index (Phi) is 1.47. The summed E-state index contributed by atoms with van der Waals surface area (Å²) in [4.78, 5) is 8.33. The minimum Gasteiger partial charge on any atom is -0.235 e. The molecule has 0 fully saturated rings. The number of fused-ring (bicyclic) bond motifs is 2. The number of hydrogen-bond donors (Lipinski definition) is 0. The van der Waals surface area contributed by atoms with Gasteiger partial charge in [0.25, 0.3) is 0 Å². The van der Waals surface area contributed by atoms with Crippen molar-refractivity contribution in [2.45, 2.75) is 0 Å². The molecule has 0 unspecified atom stereocenters. The lowest BCUT2D eigenvalue weighted by molar-refractivity contribution is 1.33. The van der Waals surface area contributed by atoms with E-state index in [1.807, 2.05) is 12.1 Å². The van der Waals surface area contributed by atoms with Crippen molar-refractivity contribution in [2.75, 3.05) is 0 Å². The summed E-state index contributed by atoms with van der Waals surface area (Å²) in [5.74, 6) is 0. The molecule has 0 saturated carbocycles. The molecule has 2 heteroatoms. The fourth-order valence-electron chi connectivity index (χ4n) is 1.63. The second-order valence-electron chi connectivity index (χ2n) is 3.25. The van der Waals surface area contributed by atoms with Gasteiger partial charge in [-0.1, -0.05) is 30.3 Å². The zero-order valence-electron chi connectivity index (χ0n) is 7.51. The first kappa shape index (κ1) is 7.44. The first-order valence-electron chi connectivity index (χ1n) is 4.53. The zero-order valence-corrected chi connectivity index (χ0v) is 7.51. The minimum absolute atomic E-state index is 0.938. The molecule has 2 nitrogen and oxygen atoms in total. The lowest BCUT2D eigenvalue weighted by Gasteiger charge is -1.95. The van der Waals surface area contributed by atoms with Crippen molar-refractivity contribution < 1.29 is 0 Å². The van der Waals surface area contributed by atoms with Crippen LogP contribution in [0, 0.1) is 0 Å². The topological polar surface area (TPSA) is 25.8 Å². The van der Waals surface area contributed by atoms with E-state index in [0.29, 0.717) is 0 Å². The molecule has 1 aliphatic heterocycles. The Morgan fingerprint density at radius 3 is 1.79 bits per heavy atom. The number of imidazole rings is 1. The third-order valence-corrected chi connectivity index (χ3v) is 2.38. The van der Waals surface area contributed by atoms with Gasteiger partial charge in [-0.25, -0.2) is 9.97 Å². The van der Waals surface area contributed by atoms with Gasteiger partial charge < -0.3 is 0 Å². The zero-order chi connectivity index (χ0) is 9.38. The molecule has 0 bridgehead atoms. The Morgan fingerprint density at radius 2 is 1.21 bits per heavy atom. The van der Waals surface area contributed by atoms with E-state index < -0.39 is 0 Å². The number of rotatable bonds is 0. The monoisotopic (exact) mass is 180 g/mol. The molecule has 0 aromatic carbocycles. The quantitative estimate of drug-likeness (QED) is 0.531. The molecule has 2 aliphatic carbocycles. The summed E-state index contributed by atoms with van der Waals surface area (Å²) in [6.07, 6.45) is 1.59. The van der Waals surface area contributed by atoms with E-state index in [2.05, 4.69) is 40.3 Å². The first-order valence-corrected chi connectivity index (χ1v) is 4.53. The van der Waals surface area contributed by atoms with E-state index in [4.69, 9.17) is 0 Å². The van der Waals surface area contributed by atoms with Crippen LogP contribution in [-0.4, -0.2) is 9.97 Å². The van der Waals surface area contributed by atoms with E-state index in [1.165, 1.54) is 11.1 Å². The molecule has 0 aromatic rings. The Balaban J connectivity index is 2.34. The van der Waals surface area contributed by atoms with Crippen molar-refractivity contribution in [1.82, 2.24) is 9.97 Å². The first-order chi connectivity index (χ1) is 6.93. The fraction of sp³-hybridized carbons (Fsp3) is 0. The summed E-state index contributed by atoms with van der Waals surface area (Å²) in [5.41, 5.74) is 4.34. The lowest BCUT2D eigenvalue weighted by Crippen LogP contribution is -1.75. The standard InChI is InChI=1S/C12H8N2/c1-2-9-4-6-11-12(14-8-13-11)7-5-10(9)3-1/h1-8H. The second kappa shape index (κ2) is 2.77. The average Bonchev–Trinajstić information content (AvgIpc) is 2.75. The van der Waals surface area contributed by atoms with Gasteiger partial charge in [0.2, 0.25) is 0 Å². The van der Waals surface area contributed by atoms with E-state index in [1.54, 1.807) is 6.33 Å². The maximum Gasteiger partial charge on any atom is 0.116 e. The number of hydrogen-bond acceptors (Lipinski definition) is 2. The third kappa shape index (κ3) is 1.04. The van der Waals surface area contributed by atoms with Crippen molar-refractivity contribution in [2.24, 2.45) is 0 Å². The van der Waals surface area contributed by atoms with Gasteiger partial charge in [-0.2, -0.15) is 0 Å². The Labute approximate surface area is 81.9 Å². The van der Waals surface area contributed by atoms with Crippen molar-refractivity contribution in [1.29, 1.82) is 0 Å². The molecule has 3 aliphatic rings. The smallest absolute Gasteiger partial charge is 0.116 e. The molecule has 0 saturated heterocycles. The maximum atomic E-state index is 4.17. The molecule has 0 aromatic heterocycles. The summed E-state index contributed by atoms with van der Waals surface area (Å²) in [5, 5.41) is 0. The van der Waals surface area contributed by atoms with Gasteiger partial charge in [-0.05, 0) is 23.3 Å². The number of aromatic nitrogens is 2. The average molecular weight is 180 g/mol. The summed E-state index contributed by atoms with van der Waals surface area (Å²) in [6, 6.07) is 14.4. The molecule has 66 valence electrons. The normalized spacial score (nSPS) is 10.9. The predicted molar refractivity (Wildman–Crippen MR) is 55.3 cm³/mol. The van der Waals surface area contributed by atoms with Crippen molar-refractivity contribution in [3.05, 3.63) is 48.8 Å². The highest BCUT2D eigenvalue weighted by Crippen LogP contribution is 2.23. The van der Waals surface area contributed by atoms with E-state index in [9.17, 15) is 0 Å². The third-order valence-electron chi connectivity index (χ3n) is 2.38. The summed E-state index contributed by atoms with van der Waals surface area (Å²) < 4.78 is 0. The molecule has 3 rings (SSSR count). The predicted octanol–water partition coefficient (Wildman–Crippen LogP) is 2.69. The Morgan fingerprint density at radius 1 is 0.643 bits per heavy atom. The second-order valence-corrected chi connectivity index (χ2v) is 3.25. The van der Waals surface area contributed by atoms with Crippen molar-refractivity contribution >= 4 is 0 Å².